The van der Waals surface area contributed by atoms with Gasteiger partial charge in [-0.05, 0) is 25.0 Å². The first-order valence-corrected chi connectivity index (χ1v) is 8.32. The predicted molar refractivity (Wildman–Crippen MR) is 81.5 cm³/mol. The number of nitrogens with one attached hydrogen (secondary N) is 1. The first-order valence-electron chi connectivity index (χ1n) is 7.16. The third-order valence-corrected chi connectivity index (χ3v) is 4.60. The van der Waals surface area contributed by atoms with Gasteiger partial charge >= 0.3 is 5.97 Å². The maximum absolute atomic E-state index is 11.9. The van der Waals surface area contributed by atoms with Crippen LogP contribution in [0, 0.1) is 11.3 Å². The van der Waals surface area contributed by atoms with Crippen LogP contribution in [0.4, 0.5) is 0 Å². The van der Waals surface area contributed by atoms with E-state index in [1.54, 1.807) is 0 Å². The van der Waals surface area contributed by atoms with Crippen LogP contribution in [-0.2, 0) is 14.3 Å². The zero-order chi connectivity index (χ0) is 15.7. The molecule has 1 fully saturated rings. The Balaban J connectivity index is 2.25. The number of nitriles is 1. The summed E-state index contributed by atoms with van der Waals surface area (Å²) in [6.45, 7) is 0. The minimum Gasteiger partial charge on any atom is -0.468 e. The molecule has 0 saturated heterocycles. The molecule has 7 heteroatoms. The van der Waals surface area contributed by atoms with Crippen molar-refractivity contribution in [1.82, 2.24) is 5.32 Å². The summed E-state index contributed by atoms with van der Waals surface area (Å²) in [7, 11) is 1.30. The van der Waals surface area contributed by atoms with Crippen molar-refractivity contribution in [3.63, 3.8) is 0 Å². The number of methoxy groups -OCH3 is 1. The van der Waals surface area contributed by atoms with Gasteiger partial charge in [0.2, 0.25) is 5.91 Å². The molecule has 1 amide bonds. The number of nitrogens with zero attached hydrogens (tertiary/aromatic N) is 1. The molecule has 1 unspecified atom stereocenters. The maximum Gasteiger partial charge on any atom is 0.322 e. The molecule has 0 heterocycles. The maximum atomic E-state index is 11.9. The fourth-order valence-corrected chi connectivity index (χ4v) is 3.19. The quantitative estimate of drug-likeness (QED) is 0.535. The Morgan fingerprint density at radius 2 is 2.10 bits per heavy atom. The molecule has 3 N–H and O–H groups in total. The molecule has 0 radical (unpaired) electrons. The van der Waals surface area contributed by atoms with Gasteiger partial charge in [0.1, 0.15) is 11.6 Å². The lowest BCUT2D eigenvalue weighted by Crippen LogP contribution is -2.49. The van der Waals surface area contributed by atoms with E-state index >= 15 is 0 Å². The van der Waals surface area contributed by atoms with E-state index < -0.39 is 17.6 Å². The second-order valence-corrected chi connectivity index (χ2v) is 6.38. The Bertz CT molecular complexity index is 403. The Labute approximate surface area is 129 Å². The average Bonchev–Trinajstić information content (AvgIpc) is 2.51. The molecular weight excluding hydrogens is 290 g/mol. The Hall–Kier alpha value is -1.26. The van der Waals surface area contributed by atoms with E-state index in [2.05, 4.69) is 16.1 Å². The van der Waals surface area contributed by atoms with Crippen LogP contribution in [0.15, 0.2) is 0 Å². The van der Waals surface area contributed by atoms with Crippen molar-refractivity contribution >= 4 is 23.6 Å². The lowest BCUT2D eigenvalue weighted by molar-refractivity contribution is -0.142. The number of carbonyl (C=O) groups excluding carboxylic acids is 2. The Morgan fingerprint density at radius 1 is 1.43 bits per heavy atom. The standard InChI is InChI=1S/C14H23N3O3S/c1-20-13(19)11(16)5-8-21-9-12(18)17-14(10-15)6-3-2-4-7-14/h11H,2-9,16H2,1H3,(H,17,18). The number of thioether (sulfide) groups is 1. The van der Waals surface area contributed by atoms with Gasteiger partial charge in [0.25, 0.3) is 0 Å². The third kappa shape index (κ3) is 5.94. The molecule has 1 rings (SSSR count). The van der Waals surface area contributed by atoms with Crippen molar-refractivity contribution < 1.29 is 14.3 Å². The van der Waals surface area contributed by atoms with Crippen LogP contribution in [0.1, 0.15) is 38.5 Å². The number of nitrogens with two attached hydrogens (primary N) is 1. The van der Waals surface area contributed by atoms with Gasteiger partial charge < -0.3 is 15.8 Å². The average molecular weight is 313 g/mol. The van der Waals surface area contributed by atoms with E-state index in [1.807, 2.05) is 0 Å². The van der Waals surface area contributed by atoms with Crippen LogP contribution in [-0.4, -0.2) is 42.1 Å². The number of rotatable bonds is 7. The summed E-state index contributed by atoms with van der Waals surface area (Å²) in [5.74, 6) is 0.307. The summed E-state index contributed by atoms with van der Waals surface area (Å²) >= 11 is 1.41. The third-order valence-electron chi connectivity index (χ3n) is 3.61. The number of hydrogen-bond acceptors (Lipinski definition) is 6. The molecule has 21 heavy (non-hydrogen) atoms. The van der Waals surface area contributed by atoms with Gasteiger partial charge in [-0.25, -0.2) is 0 Å². The first-order chi connectivity index (χ1) is 10.0. The molecule has 0 spiro atoms. The van der Waals surface area contributed by atoms with Gasteiger partial charge in [-0.15, -0.1) is 0 Å². The predicted octanol–water partition coefficient (Wildman–Crippen LogP) is 0.953. The molecule has 1 saturated carbocycles. The van der Waals surface area contributed by atoms with E-state index in [-0.39, 0.29) is 11.7 Å². The summed E-state index contributed by atoms with van der Waals surface area (Å²) in [4.78, 5) is 23.0. The number of esters is 1. The highest BCUT2D eigenvalue weighted by atomic mass is 32.2. The lowest BCUT2D eigenvalue weighted by Gasteiger charge is -2.31. The van der Waals surface area contributed by atoms with Crippen molar-refractivity contribution in [1.29, 1.82) is 5.26 Å². The Morgan fingerprint density at radius 3 is 2.67 bits per heavy atom. The van der Waals surface area contributed by atoms with Crippen LogP contribution < -0.4 is 11.1 Å². The van der Waals surface area contributed by atoms with E-state index in [0.717, 1.165) is 32.1 Å². The number of amides is 1. The fraction of sp³-hybridized carbons (Fsp3) is 0.786. The van der Waals surface area contributed by atoms with Crippen LogP contribution in [0.2, 0.25) is 0 Å². The number of hydrogen-bond donors (Lipinski definition) is 2. The van der Waals surface area contributed by atoms with Gasteiger partial charge in [-0.2, -0.15) is 17.0 Å². The topological polar surface area (TPSA) is 105 Å². The zero-order valence-electron chi connectivity index (χ0n) is 12.4. The van der Waals surface area contributed by atoms with E-state index in [0.29, 0.717) is 12.2 Å². The summed E-state index contributed by atoms with van der Waals surface area (Å²) in [6.07, 6.45) is 5.01. The summed E-state index contributed by atoms with van der Waals surface area (Å²) < 4.78 is 4.53. The van der Waals surface area contributed by atoms with Crippen LogP contribution in [0.25, 0.3) is 0 Å². The van der Waals surface area contributed by atoms with Crippen molar-refractivity contribution in [3.8, 4) is 6.07 Å². The molecule has 0 aromatic rings. The first kappa shape index (κ1) is 17.8. The molecule has 0 aromatic carbocycles. The summed E-state index contributed by atoms with van der Waals surface area (Å²) in [6, 6.07) is 1.61. The fourth-order valence-electron chi connectivity index (χ4n) is 2.37. The second-order valence-electron chi connectivity index (χ2n) is 5.27. The van der Waals surface area contributed by atoms with Gasteiger partial charge in [-0.1, -0.05) is 19.3 Å². The summed E-state index contributed by atoms with van der Waals surface area (Å²) in [5.41, 5.74) is 4.92. The van der Waals surface area contributed by atoms with Crippen LogP contribution in [0.5, 0.6) is 0 Å². The molecule has 6 nitrogen and oxygen atoms in total. The number of carbonyl (C=O) groups is 2. The zero-order valence-corrected chi connectivity index (χ0v) is 13.2. The van der Waals surface area contributed by atoms with Gasteiger partial charge in [0.05, 0.1) is 18.9 Å². The largest absolute Gasteiger partial charge is 0.468 e. The van der Waals surface area contributed by atoms with Crippen LogP contribution in [0.3, 0.4) is 0 Å². The highest BCUT2D eigenvalue weighted by molar-refractivity contribution is 7.99. The molecule has 1 aliphatic carbocycles. The van der Waals surface area contributed by atoms with Gasteiger partial charge in [0, 0.05) is 0 Å². The van der Waals surface area contributed by atoms with Crippen molar-refractivity contribution in [3.05, 3.63) is 0 Å². The molecule has 0 bridgehead atoms. The monoisotopic (exact) mass is 313 g/mol. The minimum absolute atomic E-state index is 0.130. The van der Waals surface area contributed by atoms with E-state index in [4.69, 9.17) is 5.73 Å². The van der Waals surface area contributed by atoms with E-state index in [9.17, 15) is 14.9 Å². The molecule has 1 aliphatic rings. The molecular formula is C14H23N3O3S. The van der Waals surface area contributed by atoms with Gasteiger partial charge in [0.15, 0.2) is 0 Å². The normalized spacial score (nSPS) is 18.3. The lowest BCUT2D eigenvalue weighted by atomic mass is 9.83. The molecule has 0 aromatic heterocycles. The van der Waals surface area contributed by atoms with Gasteiger partial charge in [-0.3, -0.25) is 9.59 Å². The number of ether oxygens (including phenoxy) is 1. The smallest absolute Gasteiger partial charge is 0.322 e. The van der Waals surface area contributed by atoms with E-state index in [1.165, 1.54) is 18.9 Å². The van der Waals surface area contributed by atoms with Crippen molar-refractivity contribution in [2.75, 3.05) is 18.6 Å². The van der Waals surface area contributed by atoms with Crippen molar-refractivity contribution in [2.45, 2.75) is 50.1 Å². The summed E-state index contributed by atoms with van der Waals surface area (Å²) in [5, 5.41) is 12.1. The van der Waals surface area contributed by atoms with Crippen LogP contribution >= 0.6 is 11.8 Å². The SMILES string of the molecule is COC(=O)C(N)CCSCC(=O)NC1(C#N)CCCCC1. The highest BCUT2D eigenvalue weighted by Crippen LogP contribution is 2.27. The molecule has 118 valence electrons. The molecule has 1 atom stereocenters. The molecule has 0 aliphatic heterocycles. The van der Waals surface area contributed by atoms with Crippen molar-refractivity contribution in [2.24, 2.45) is 5.73 Å². The highest BCUT2D eigenvalue weighted by Gasteiger charge is 2.33. The Kier molecular flexibility index (Phi) is 7.54. The second kappa shape index (κ2) is 8.90. The minimum atomic E-state index is -0.682.